The summed E-state index contributed by atoms with van der Waals surface area (Å²) < 4.78 is 13.8. The van der Waals surface area contributed by atoms with Crippen molar-refractivity contribution in [2.45, 2.75) is 45.6 Å². The van der Waals surface area contributed by atoms with Gasteiger partial charge in [-0.2, -0.15) is 0 Å². The van der Waals surface area contributed by atoms with Gasteiger partial charge in [-0.25, -0.2) is 4.39 Å². The van der Waals surface area contributed by atoms with Gasteiger partial charge in [-0.3, -0.25) is 9.69 Å². The van der Waals surface area contributed by atoms with Gasteiger partial charge in [-0.15, -0.1) is 0 Å². The molecule has 1 amide bonds. The molecule has 0 saturated carbocycles. The van der Waals surface area contributed by atoms with Crippen LogP contribution < -0.4 is 0 Å². The quantitative estimate of drug-likeness (QED) is 0.763. The smallest absolute Gasteiger partial charge is 0.222 e. The molecule has 2 fully saturated rings. The molecular weight excluding hydrogens is 341 g/mol. The minimum atomic E-state index is -0.111. The van der Waals surface area contributed by atoms with Crippen LogP contribution in [0.25, 0.3) is 0 Å². The minimum Gasteiger partial charge on any atom is -0.342 e. The first kappa shape index (κ1) is 20.3. The Bertz CT molecular complexity index is 653. The van der Waals surface area contributed by atoms with Gasteiger partial charge in [0.25, 0.3) is 0 Å². The maximum atomic E-state index is 13.8. The zero-order chi connectivity index (χ0) is 19.4. The van der Waals surface area contributed by atoms with Crippen molar-refractivity contribution in [3.8, 4) is 0 Å². The number of benzene rings is 1. The van der Waals surface area contributed by atoms with E-state index in [2.05, 4.69) is 28.8 Å². The minimum absolute atomic E-state index is 0.111. The third-order valence-corrected chi connectivity index (χ3v) is 6.47. The molecule has 0 N–H and O–H groups in total. The number of hydrogen-bond acceptors (Lipinski definition) is 3. The van der Waals surface area contributed by atoms with Crippen molar-refractivity contribution in [3.63, 3.8) is 0 Å². The number of rotatable bonds is 6. The van der Waals surface area contributed by atoms with Crippen LogP contribution in [0.4, 0.5) is 4.39 Å². The van der Waals surface area contributed by atoms with Gasteiger partial charge in [-0.05, 0) is 88.9 Å². The predicted molar refractivity (Wildman–Crippen MR) is 107 cm³/mol. The van der Waals surface area contributed by atoms with Crippen LogP contribution in [0.1, 0.15) is 43.2 Å². The fourth-order valence-electron chi connectivity index (χ4n) is 4.54. The molecule has 2 aliphatic rings. The van der Waals surface area contributed by atoms with Gasteiger partial charge < -0.3 is 9.80 Å². The van der Waals surface area contributed by atoms with Crippen LogP contribution in [0.2, 0.25) is 0 Å². The Kier molecular flexibility index (Phi) is 6.53. The van der Waals surface area contributed by atoms with Crippen molar-refractivity contribution >= 4 is 5.91 Å². The molecule has 0 unspecified atom stereocenters. The number of carbonyl (C=O) groups excluding carboxylic acids is 1. The zero-order valence-corrected chi connectivity index (χ0v) is 17.1. The van der Waals surface area contributed by atoms with Crippen molar-refractivity contribution in [3.05, 3.63) is 35.1 Å². The van der Waals surface area contributed by atoms with E-state index in [1.54, 1.807) is 0 Å². The van der Waals surface area contributed by atoms with Crippen LogP contribution in [0.3, 0.4) is 0 Å². The Morgan fingerprint density at radius 3 is 2.63 bits per heavy atom. The van der Waals surface area contributed by atoms with Crippen LogP contribution in [0.5, 0.6) is 0 Å². The summed E-state index contributed by atoms with van der Waals surface area (Å²) in [5.41, 5.74) is 2.16. The first-order chi connectivity index (χ1) is 12.9. The lowest BCUT2D eigenvalue weighted by atomic mass is 9.72. The molecule has 150 valence electrons. The molecular formula is C22H34FN3O. The molecule has 2 aliphatic heterocycles. The molecule has 0 aliphatic carbocycles. The molecule has 5 heteroatoms. The van der Waals surface area contributed by atoms with E-state index in [1.807, 2.05) is 19.1 Å². The van der Waals surface area contributed by atoms with Crippen LogP contribution in [0, 0.1) is 18.2 Å². The Morgan fingerprint density at radius 1 is 1.19 bits per heavy atom. The maximum Gasteiger partial charge on any atom is 0.222 e. The molecule has 1 spiro atoms. The highest BCUT2D eigenvalue weighted by Crippen LogP contribution is 2.40. The van der Waals surface area contributed by atoms with E-state index >= 15 is 0 Å². The summed E-state index contributed by atoms with van der Waals surface area (Å²) in [6.45, 7) is 7.60. The number of nitrogens with zero attached hydrogens (tertiary/aromatic N) is 3. The van der Waals surface area contributed by atoms with Gasteiger partial charge in [0.05, 0.1) is 0 Å². The van der Waals surface area contributed by atoms with Crippen molar-refractivity contribution in [1.82, 2.24) is 14.7 Å². The largest absolute Gasteiger partial charge is 0.342 e. The number of amides is 1. The van der Waals surface area contributed by atoms with E-state index in [1.165, 1.54) is 6.07 Å². The number of halogens is 1. The fraction of sp³-hybridized carbons (Fsp3) is 0.682. The summed E-state index contributed by atoms with van der Waals surface area (Å²) in [5.74, 6) is 0.220. The second kappa shape index (κ2) is 8.70. The number of hydrogen-bond donors (Lipinski definition) is 0. The lowest BCUT2D eigenvalue weighted by Crippen LogP contribution is -2.51. The van der Waals surface area contributed by atoms with E-state index in [-0.39, 0.29) is 5.82 Å². The Hall–Kier alpha value is -1.46. The monoisotopic (exact) mass is 375 g/mol. The summed E-state index contributed by atoms with van der Waals surface area (Å²) in [5, 5.41) is 0. The van der Waals surface area contributed by atoms with E-state index in [0.29, 0.717) is 17.7 Å². The van der Waals surface area contributed by atoms with Crippen LogP contribution in [-0.4, -0.2) is 67.4 Å². The van der Waals surface area contributed by atoms with Gasteiger partial charge in [-0.1, -0.05) is 12.1 Å². The first-order valence-electron chi connectivity index (χ1n) is 10.3. The second-order valence-electron chi connectivity index (χ2n) is 8.77. The van der Waals surface area contributed by atoms with Gasteiger partial charge in [0.2, 0.25) is 5.91 Å². The topological polar surface area (TPSA) is 26.8 Å². The van der Waals surface area contributed by atoms with E-state index in [4.69, 9.17) is 0 Å². The summed E-state index contributed by atoms with van der Waals surface area (Å²) in [6.07, 6.45) is 5.05. The van der Waals surface area contributed by atoms with E-state index in [9.17, 15) is 9.18 Å². The SMILES string of the molecule is Cc1c(F)cccc1CN1CCC2(CCC(=O)N(CCCN(C)C)C2)CC1. The average molecular weight is 376 g/mol. The molecule has 0 atom stereocenters. The van der Waals surface area contributed by atoms with Gasteiger partial charge >= 0.3 is 0 Å². The normalized spacial score (nSPS) is 20.6. The molecule has 2 heterocycles. The van der Waals surface area contributed by atoms with Crippen molar-refractivity contribution in [1.29, 1.82) is 0 Å². The van der Waals surface area contributed by atoms with Crippen LogP contribution in [0.15, 0.2) is 18.2 Å². The van der Waals surface area contributed by atoms with Crippen molar-refractivity contribution in [2.24, 2.45) is 5.41 Å². The lowest BCUT2D eigenvalue weighted by Gasteiger charge is -2.47. The standard InChI is InChI=1S/C22H34FN3O/c1-18-19(6-4-7-20(18)23)16-25-14-10-22(11-15-25)9-8-21(27)26(17-22)13-5-12-24(2)3/h4,6-7H,5,8-17H2,1-3H3. The molecule has 0 radical (unpaired) electrons. The first-order valence-corrected chi connectivity index (χ1v) is 10.3. The summed E-state index contributed by atoms with van der Waals surface area (Å²) >= 11 is 0. The third kappa shape index (κ3) is 5.08. The Balaban J connectivity index is 1.54. The molecule has 0 bridgehead atoms. The zero-order valence-electron chi connectivity index (χ0n) is 17.1. The van der Waals surface area contributed by atoms with Gasteiger partial charge in [0, 0.05) is 26.1 Å². The molecule has 0 aromatic heterocycles. The second-order valence-corrected chi connectivity index (χ2v) is 8.77. The van der Waals surface area contributed by atoms with Crippen molar-refractivity contribution < 1.29 is 9.18 Å². The van der Waals surface area contributed by atoms with Gasteiger partial charge in [0.15, 0.2) is 0 Å². The predicted octanol–water partition coefficient (Wildman–Crippen LogP) is 3.29. The highest BCUT2D eigenvalue weighted by molar-refractivity contribution is 5.77. The third-order valence-electron chi connectivity index (χ3n) is 6.47. The van der Waals surface area contributed by atoms with Crippen LogP contribution >= 0.6 is 0 Å². The molecule has 2 saturated heterocycles. The summed E-state index contributed by atoms with van der Waals surface area (Å²) in [6, 6.07) is 5.38. The average Bonchev–Trinajstić information content (AvgIpc) is 2.64. The maximum absolute atomic E-state index is 13.8. The highest BCUT2D eigenvalue weighted by Gasteiger charge is 2.40. The molecule has 1 aromatic rings. The number of piperidine rings is 2. The Morgan fingerprint density at radius 2 is 1.93 bits per heavy atom. The number of carbonyl (C=O) groups is 1. The molecule has 4 nitrogen and oxygen atoms in total. The molecule has 27 heavy (non-hydrogen) atoms. The van der Waals surface area contributed by atoms with Crippen molar-refractivity contribution in [2.75, 3.05) is 46.8 Å². The van der Waals surface area contributed by atoms with E-state index in [0.717, 1.165) is 76.1 Å². The summed E-state index contributed by atoms with van der Waals surface area (Å²) in [4.78, 5) is 19.1. The van der Waals surface area contributed by atoms with Crippen LogP contribution in [-0.2, 0) is 11.3 Å². The fourth-order valence-corrected chi connectivity index (χ4v) is 4.54. The summed E-state index contributed by atoms with van der Waals surface area (Å²) in [7, 11) is 4.16. The Labute approximate surface area is 163 Å². The van der Waals surface area contributed by atoms with Gasteiger partial charge in [0.1, 0.15) is 5.82 Å². The molecule has 3 rings (SSSR count). The molecule has 1 aromatic carbocycles. The van der Waals surface area contributed by atoms with E-state index < -0.39 is 0 Å². The lowest BCUT2D eigenvalue weighted by molar-refractivity contribution is -0.139. The number of likely N-dealkylation sites (tertiary alicyclic amines) is 2. The highest BCUT2D eigenvalue weighted by atomic mass is 19.1.